The predicted octanol–water partition coefficient (Wildman–Crippen LogP) is 4.34. The number of rotatable bonds is 7. The first-order valence-corrected chi connectivity index (χ1v) is 10.7. The molecule has 0 unspecified atom stereocenters. The fourth-order valence-electron chi connectivity index (χ4n) is 3.32. The van der Waals surface area contributed by atoms with Crippen molar-refractivity contribution in [2.24, 2.45) is 0 Å². The Hall–Kier alpha value is -2.38. The van der Waals surface area contributed by atoms with E-state index in [0.29, 0.717) is 36.0 Å². The van der Waals surface area contributed by atoms with Crippen LogP contribution in [-0.4, -0.2) is 28.5 Å². The molecule has 3 aromatic rings. The Morgan fingerprint density at radius 2 is 1.79 bits per heavy atom. The van der Waals surface area contributed by atoms with Crippen LogP contribution < -0.4 is 0 Å². The van der Waals surface area contributed by atoms with E-state index in [9.17, 15) is 13.2 Å². The van der Waals surface area contributed by atoms with E-state index in [-0.39, 0.29) is 16.5 Å². The van der Waals surface area contributed by atoms with Crippen molar-refractivity contribution in [1.82, 2.24) is 8.96 Å². The highest BCUT2D eigenvalue weighted by Gasteiger charge is 2.24. The zero-order chi connectivity index (χ0) is 20.5. The van der Waals surface area contributed by atoms with E-state index in [2.05, 4.69) is 4.98 Å². The van der Waals surface area contributed by atoms with Crippen LogP contribution in [0.15, 0.2) is 41.3 Å². The van der Waals surface area contributed by atoms with E-state index < -0.39 is 16.0 Å². The van der Waals surface area contributed by atoms with Crippen LogP contribution in [0.5, 0.6) is 0 Å². The van der Waals surface area contributed by atoms with Gasteiger partial charge in [0.2, 0.25) is 0 Å². The third-order valence-electron chi connectivity index (χ3n) is 4.46. The first-order valence-electron chi connectivity index (χ1n) is 8.91. The van der Waals surface area contributed by atoms with Gasteiger partial charge in [-0.2, -0.15) is 0 Å². The molecule has 28 heavy (non-hydrogen) atoms. The highest BCUT2D eigenvalue weighted by molar-refractivity contribution is 7.90. The van der Waals surface area contributed by atoms with Crippen molar-refractivity contribution in [3.63, 3.8) is 0 Å². The molecule has 0 fully saturated rings. The first-order chi connectivity index (χ1) is 13.2. The molecule has 148 valence electrons. The summed E-state index contributed by atoms with van der Waals surface area (Å²) in [6, 6.07) is 10.1. The topological polar surface area (TPSA) is 89.3 Å². The molecule has 0 aliphatic rings. The summed E-state index contributed by atoms with van der Waals surface area (Å²) < 4.78 is 28.2. The van der Waals surface area contributed by atoms with Gasteiger partial charge in [0.1, 0.15) is 5.15 Å². The number of aliphatic carboxylic acids is 1. The minimum Gasteiger partial charge on any atom is -0.481 e. The number of nitrogens with zero attached hydrogens (tertiary/aromatic N) is 2. The van der Waals surface area contributed by atoms with E-state index in [4.69, 9.17) is 16.7 Å². The number of carboxylic acids is 1. The number of unbranched alkanes of at least 4 members (excludes halogenated alkanes) is 1. The second-order valence-corrected chi connectivity index (χ2v) is 9.04. The van der Waals surface area contributed by atoms with E-state index in [1.54, 1.807) is 30.3 Å². The maximum atomic E-state index is 13.5. The number of hydrogen-bond acceptors (Lipinski definition) is 4. The molecule has 3 rings (SSSR count). The van der Waals surface area contributed by atoms with Crippen molar-refractivity contribution < 1.29 is 18.3 Å². The SMILES string of the molecule is Cc1cc(C)cc(S(=O)(=O)n2c(CCCCC(=O)O)cc3nc(Cl)ccc32)c1. The minimum atomic E-state index is -3.85. The molecule has 0 saturated heterocycles. The fourth-order valence-corrected chi connectivity index (χ4v) is 5.22. The van der Waals surface area contributed by atoms with Crippen molar-refractivity contribution >= 4 is 38.6 Å². The molecule has 0 aliphatic carbocycles. The Labute approximate surface area is 168 Å². The molecule has 0 aliphatic heterocycles. The van der Waals surface area contributed by atoms with Gasteiger partial charge in [0.05, 0.1) is 15.9 Å². The molecule has 0 radical (unpaired) electrons. The summed E-state index contributed by atoms with van der Waals surface area (Å²) in [7, 11) is -3.85. The van der Waals surface area contributed by atoms with Crippen LogP contribution in [0.25, 0.3) is 11.0 Å². The number of aromatic nitrogens is 2. The molecule has 0 bridgehead atoms. The number of benzene rings is 1. The smallest absolute Gasteiger partial charge is 0.303 e. The van der Waals surface area contributed by atoms with E-state index in [0.717, 1.165) is 11.1 Å². The van der Waals surface area contributed by atoms with Gasteiger partial charge >= 0.3 is 5.97 Å². The zero-order valence-corrected chi connectivity index (χ0v) is 17.2. The Balaban J connectivity index is 2.11. The second kappa shape index (κ2) is 7.93. The maximum Gasteiger partial charge on any atom is 0.303 e. The molecular weight excluding hydrogens is 400 g/mol. The quantitative estimate of drug-likeness (QED) is 0.453. The Kier molecular flexibility index (Phi) is 5.76. The average Bonchev–Trinajstić information content (AvgIpc) is 2.95. The second-order valence-electron chi connectivity index (χ2n) is 6.87. The van der Waals surface area contributed by atoms with Gasteiger partial charge in [-0.15, -0.1) is 0 Å². The van der Waals surface area contributed by atoms with Crippen LogP contribution in [0.1, 0.15) is 36.1 Å². The highest BCUT2D eigenvalue weighted by Crippen LogP contribution is 2.28. The lowest BCUT2D eigenvalue weighted by Gasteiger charge is -2.13. The van der Waals surface area contributed by atoms with Crippen molar-refractivity contribution in [3.8, 4) is 0 Å². The highest BCUT2D eigenvalue weighted by atomic mass is 35.5. The molecule has 8 heteroatoms. The predicted molar refractivity (Wildman–Crippen MR) is 108 cm³/mol. The monoisotopic (exact) mass is 420 g/mol. The number of hydrogen-bond donors (Lipinski definition) is 1. The lowest BCUT2D eigenvalue weighted by atomic mass is 10.1. The molecule has 0 amide bonds. The number of pyridine rings is 1. The number of aryl methyl sites for hydroxylation is 3. The Bertz CT molecular complexity index is 1130. The van der Waals surface area contributed by atoms with Crippen LogP contribution in [0.3, 0.4) is 0 Å². The first kappa shape index (κ1) is 20.4. The lowest BCUT2D eigenvalue weighted by molar-refractivity contribution is -0.137. The number of carboxylic acid groups (broad SMARTS) is 1. The Morgan fingerprint density at radius 1 is 1.11 bits per heavy atom. The zero-order valence-electron chi connectivity index (χ0n) is 15.6. The summed E-state index contributed by atoms with van der Waals surface area (Å²) in [5.74, 6) is -0.864. The number of fused-ring (bicyclic) bond motifs is 1. The molecule has 1 N–H and O–H groups in total. The van der Waals surface area contributed by atoms with Gasteiger partial charge in [-0.25, -0.2) is 17.4 Å². The van der Waals surface area contributed by atoms with Gasteiger partial charge in [-0.3, -0.25) is 4.79 Å². The van der Waals surface area contributed by atoms with Crippen molar-refractivity contribution in [2.45, 2.75) is 44.4 Å². The van der Waals surface area contributed by atoms with E-state index in [1.165, 1.54) is 3.97 Å². The summed E-state index contributed by atoms with van der Waals surface area (Å²) in [4.78, 5) is 15.2. The summed E-state index contributed by atoms with van der Waals surface area (Å²) in [5, 5.41) is 9.10. The molecule has 1 aromatic carbocycles. The van der Waals surface area contributed by atoms with Gasteiger partial charge in [0, 0.05) is 12.1 Å². The molecule has 0 saturated carbocycles. The summed E-state index contributed by atoms with van der Waals surface area (Å²) in [5.41, 5.74) is 3.23. The van der Waals surface area contributed by atoms with Crippen LogP contribution in [0.2, 0.25) is 5.15 Å². The third-order valence-corrected chi connectivity index (χ3v) is 6.41. The molecule has 2 heterocycles. The van der Waals surface area contributed by atoms with Crippen molar-refractivity contribution in [2.75, 3.05) is 0 Å². The molecule has 0 atom stereocenters. The van der Waals surface area contributed by atoms with E-state index in [1.807, 2.05) is 19.9 Å². The van der Waals surface area contributed by atoms with Gasteiger partial charge in [-0.05, 0) is 74.6 Å². The minimum absolute atomic E-state index is 0.0497. The molecule has 6 nitrogen and oxygen atoms in total. The van der Waals surface area contributed by atoms with Gasteiger partial charge in [0.15, 0.2) is 0 Å². The summed E-state index contributed by atoms with van der Waals surface area (Å²) >= 11 is 5.98. The van der Waals surface area contributed by atoms with Gasteiger partial charge in [0.25, 0.3) is 10.0 Å². The lowest BCUT2D eigenvalue weighted by Crippen LogP contribution is -2.16. The Morgan fingerprint density at radius 3 is 2.43 bits per heavy atom. The molecular formula is C20H21ClN2O4S. The normalized spacial score (nSPS) is 11.8. The fraction of sp³-hybridized carbons (Fsp3) is 0.300. The standard InChI is InChI=1S/C20H21ClN2O4S/c1-13-9-14(2)11-16(10-13)28(26,27)23-15(5-3-4-6-20(24)25)12-17-18(23)7-8-19(21)22-17/h7-12H,3-6H2,1-2H3,(H,24,25). The molecule has 2 aromatic heterocycles. The van der Waals surface area contributed by atoms with Crippen molar-refractivity contribution in [1.29, 1.82) is 0 Å². The van der Waals surface area contributed by atoms with Crippen molar-refractivity contribution in [3.05, 3.63) is 58.4 Å². The van der Waals surface area contributed by atoms with Crippen LogP contribution in [0, 0.1) is 13.8 Å². The van der Waals surface area contributed by atoms with Gasteiger partial charge < -0.3 is 5.11 Å². The average molecular weight is 421 g/mol. The van der Waals surface area contributed by atoms with Crippen LogP contribution >= 0.6 is 11.6 Å². The summed E-state index contributed by atoms with van der Waals surface area (Å²) in [6.07, 6.45) is 1.49. The summed E-state index contributed by atoms with van der Waals surface area (Å²) in [6.45, 7) is 3.71. The number of halogens is 1. The van der Waals surface area contributed by atoms with Crippen LogP contribution in [-0.2, 0) is 21.2 Å². The number of carbonyl (C=O) groups is 1. The molecule has 0 spiro atoms. The largest absolute Gasteiger partial charge is 0.481 e. The van der Waals surface area contributed by atoms with Gasteiger partial charge in [-0.1, -0.05) is 17.7 Å². The van der Waals surface area contributed by atoms with E-state index >= 15 is 0 Å². The van der Waals surface area contributed by atoms with Crippen LogP contribution in [0.4, 0.5) is 0 Å². The third kappa shape index (κ3) is 4.20. The maximum absolute atomic E-state index is 13.5.